The van der Waals surface area contributed by atoms with Gasteiger partial charge in [-0.25, -0.2) is 0 Å². The lowest BCUT2D eigenvalue weighted by molar-refractivity contribution is 0.869. The van der Waals surface area contributed by atoms with Gasteiger partial charge in [-0.15, -0.1) is 0 Å². The van der Waals surface area contributed by atoms with Crippen molar-refractivity contribution in [2.24, 2.45) is 0 Å². The van der Waals surface area contributed by atoms with Crippen molar-refractivity contribution in [3.8, 4) is 0 Å². The SMILES string of the molecule is CC(C)c1ccccc1Nc1cccc2ccccc12. The Balaban J connectivity index is 2.06. The number of fused-ring (bicyclic) bond motifs is 1. The highest BCUT2D eigenvalue weighted by atomic mass is 14.9. The first-order valence-electron chi connectivity index (χ1n) is 7.09. The van der Waals surface area contributed by atoms with E-state index in [1.165, 1.54) is 22.0 Å². The summed E-state index contributed by atoms with van der Waals surface area (Å²) in [5.41, 5.74) is 3.70. The van der Waals surface area contributed by atoms with Crippen LogP contribution < -0.4 is 5.32 Å². The van der Waals surface area contributed by atoms with Gasteiger partial charge in [0.15, 0.2) is 0 Å². The molecule has 3 aromatic carbocycles. The van der Waals surface area contributed by atoms with Gasteiger partial charge in [0.05, 0.1) is 0 Å². The highest BCUT2D eigenvalue weighted by molar-refractivity contribution is 5.95. The van der Waals surface area contributed by atoms with E-state index in [0.29, 0.717) is 5.92 Å². The van der Waals surface area contributed by atoms with Crippen molar-refractivity contribution in [3.05, 3.63) is 72.3 Å². The summed E-state index contributed by atoms with van der Waals surface area (Å²) in [4.78, 5) is 0. The van der Waals surface area contributed by atoms with Crippen LogP contribution in [0, 0.1) is 0 Å². The van der Waals surface area contributed by atoms with Crippen LogP contribution in [0.5, 0.6) is 0 Å². The minimum absolute atomic E-state index is 0.508. The number of hydrogen-bond donors (Lipinski definition) is 1. The van der Waals surface area contributed by atoms with E-state index in [-0.39, 0.29) is 0 Å². The van der Waals surface area contributed by atoms with Gasteiger partial charge < -0.3 is 5.32 Å². The van der Waals surface area contributed by atoms with E-state index in [1.54, 1.807) is 0 Å². The summed E-state index contributed by atoms with van der Waals surface area (Å²) in [5, 5.41) is 6.12. The zero-order valence-corrected chi connectivity index (χ0v) is 11.9. The van der Waals surface area contributed by atoms with E-state index in [0.717, 1.165) is 5.69 Å². The molecule has 0 atom stereocenters. The average molecular weight is 261 g/mol. The van der Waals surface area contributed by atoms with Crippen molar-refractivity contribution < 1.29 is 0 Å². The fourth-order valence-electron chi connectivity index (χ4n) is 2.59. The molecule has 1 N–H and O–H groups in total. The molecule has 0 bridgehead atoms. The standard InChI is InChI=1S/C19H19N/c1-14(2)16-10-5-6-12-18(16)20-19-13-7-9-15-8-3-4-11-17(15)19/h3-14,20H,1-2H3. The molecule has 20 heavy (non-hydrogen) atoms. The zero-order valence-electron chi connectivity index (χ0n) is 11.9. The van der Waals surface area contributed by atoms with E-state index < -0.39 is 0 Å². The zero-order chi connectivity index (χ0) is 13.9. The second kappa shape index (κ2) is 5.38. The number of nitrogens with one attached hydrogen (secondary N) is 1. The predicted molar refractivity (Wildman–Crippen MR) is 87.8 cm³/mol. The lowest BCUT2D eigenvalue weighted by Crippen LogP contribution is -1.98. The lowest BCUT2D eigenvalue weighted by atomic mass is 10.0. The second-order valence-electron chi connectivity index (χ2n) is 5.39. The molecule has 0 amide bonds. The third-order valence-electron chi connectivity index (χ3n) is 3.64. The van der Waals surface area contributed by atoms with Crippen LogP contribution in [0.2, 0.25) is 0 Å². The van der Waals surface area contributed by atoms with Crippen LogP contribution >= 0.6 is 0 Å². The molecule has 0 heterocycles. The monoisotopic (exact) mass is 261 g/mol. The maximum atomic E-state index is 3.60. The molecule has 100 valence electrons. The topological polar surface area (TPSA) is 12.0 Å². The molecule has 0 aliphatic carbocycles. The van der Waals surface area contributed by atoms with E-state index in [9.17, 15) is 0 Å². The van der Waals surface area contributed by atoms with Crippen LogP contribution in [0.1, 0.15) is 25.3 Å². The average Bonchev–Trinajstić information content (AvgIpc) is 2.48. The first-order valence-corrected chi connectivity index (χ1v) is 7.09. The van der Waals surface area contributed by atoms with Gasteiger partial charge in [0, 0.05) is 16.8 Å². The third-order valence-corrected chi connectivity index (χ3v) is 3.64. The molecule has 0 spiro atoms. The summed E-state index contributed by atoms with van der Waals surface area (Å²) in [6.45, 7) is 4.45. The fourth-order valence-corrected chi connectivity index (χ4v) is 2.59. The molecule has 0 saturated carbocycles. The molecule has 0 aromatic heterocycles. The van der Waals surface area contributed by atoms with Gasteiger partial charge >= 0.3 is 0 Å². The van der Waals surface area contributed by atoms with Crippen LogP contribution in [0.3, 0.4) is 0 Å². The van der Waals surface area contributed by atoms with Crippen molar-refractivity contribution in [3.63, 3.8) is 0 Å². The summed E-state index contributed by atoms with van der Waals surface area (Å²) in [5.74, 6) is 0.508. The normalized spacial score (nSPS) is 10.9. The number of rotatable bonds is 3. The number of benzene rings is 3. The van der Waals surface area contributed by atoms with Crippen LogP contribution in [0.25, 0.3) is 10.8 Å². The molecule has 3 rings (SSSR count). The maximum Gasteiger partial charge on any atom is 0.0463 e. The van der Waals surface area contributed by atoms with Gasteiger partial charge in [-0.05, 0) is 29.0 Å². The molecule has 0 radical (unpaired) electrons. The number of hydrogen-bond acceptors (Lipinski definition) is 1. The van der Waals surface area contributed by atoms with Crippen molar-refractivity contribution in [1.29, 1.82) is 0 Å². The molecular weight excluding hydrogens is 242 g/mol. The summed E-state index contributed by atoms with van der Waals surface area (Å²) < 4.78 is 0. The van der Waals surface area contributed by atoms with Gasteiger partial charge in [0.25, 0.3) is 0 Å². The highest BCUT2D eigenvalue weighted by Gasteiger charge is 2.07. The Hall–Kier alpha value is -2.28. The first kappa shape index (κ1) is 12.7. The Morgan fingerprint density at radius 1 is 0.700 bits per heavy atom. The van der Waals surface area contributed by atoms with Crippen molar-refractivity contribution >= 4 is 22.1 Å². The van der Waals surface area contributed by atoms with Gasteiger partial charge in [-0.1, -0.05) is 68.4 Å². The van der Waals surface area contributed by atoms with Gasteiger partial charge in [-0.2, -0.15) is 0 Å². The maximum absolute atomic E-state index is 3.60. The molecular formula is C19H19N. The summed E-state index contributed by atoms with van der Waals surface area (Å²) in [6.07, 6.45) is 0. The van der Waals surface area contributed by atoms with E-state index in [1.807, 2.05) is 0 Å². The van der Waals surface area contributed by atoms with Crippen LogP contribution in [-0.4, -0.2) is 0 Å². The molecule has 0 aliphatic rings. The minimum Gasteiger partial charge on any atom is -0.355 e. The van der Waals surface area contributed by atoms with Crippen LogP contribution in [-0.2, 0) is 0 Å². The number of anilines is 2. The molecule has 0 saturated heterocycles. The Morgan fingerprint density at radius 3 is 2.20 bits per heavy atom. The Bertz CT molecular complexity index is 723. The van der Waals surface area contributed by atoms with Gasteiger partial charge in [0.1, 0.15) is 0 Å². The van der Waals surface area contributed by atoms with Gasteiger partial charge in [0.2, 0.25) is 0 Å². The van der Waals surface area contributed by atoms with Crippen molar-refractivity contribution in [2.45, 2.75) is 19.8 Å². The summed E-state index contributed by atoms with van der Waals surface area (Å²) in [7, 11) is 0. The summed E-state index contributed by atoms with van der Waals surface area (Å²) >= 11 is 0. The van der Waals surface area contributed by atoms with E-state index in [4.69, 9.17) is 0 Å². The molecule has 1 heteroatoms. The predicted octanol–water partition coefficient (Wildman–Crippen LogP) is 5.71. The van der Waals surface area contributed by atoms with Crippen molar-refractivity contribution in [2.75, 3.05) is 5.32 Å². The van der Waals surface area contributed by atoms with E-state index in [2.05, 4.69) is 85.9 Å². The smallest absolute Gasteiger partial charge is 0.0463 e. The molecule has 1 nitrogen and oxygen atoms in total. The van der Waals surface area contributed by atoms with Gasteiger partial charge in [-0.3, -0.25) is 0 Å². The Morgan fingerprint density at radius 2 is 1.35 bits per heavy atom. The van der Waals surface area contributed by atoms with Crippen LogP contribution in [0.4, 0.5) is 11.4 Å². The fraction of sp³-hybridized carbons (Fsp3) is 0.158. The first-order chi connectivity index (χ1) is 9.75. The largest absolute Gasteiger partial charge is 0.355 e. The molecule has 0 fully saturated rings. The highest BCUT2D eigenvalue weighted by Crippen LogP contribution is 2.30. The van der Waals surface area contributed by atoms with Crippen LogP contribution in [0.15, 0.2) is 66.7 Å². The van der Waals surface area contributed by atoms with Crippen molar-refractivity contribution in [1.82, 2.24) is 0 Å². The Labute approximate surface area is 120 Å². The molecule has 0 unspecified atom stereocenters. The molecule has 3 aromatic rings. The third kappa shape index (κ3) is 2.39. The molecule has 0 aliphatic heterocycles. The van der Waals surface area contributed by atoms with E-state index >= 15 is 0 Å². The minimum atomic E-state index is 0.508. The Kier molecular flexibility index (Phi) is 3.42. The number of para-hydroxylation sites is 1. The quantitative estimate of drug-likeness (QED) is 0.637. The summed E-state index contributed by atoms with van der Waals surface area (Å²) in [6, 6.07) is 23.4. The lowest BCUT2D eigenvalue weighted by Gasteiger charge is -2.16. The second-order valence-corrected chi connectivity index (χ2v) is 5.39.